The Balaban J connectivity index is 2.22. The van der Waals surface area contributed by atoms with E-state index in [0.717, 1.165) is 45.6 Å². The number of nitrogens with zero attached hydrogens (tertiary/aromatic N) is 2. The van der Waals surface area contributed by atoms with Crippen molar-refractivity contribution in [1.29, 1.82) is 0 Å². The molecule has 0 radical (unpaired) electrons. The Kier molecular flexibility index (Phi) is 6.28. The van der Waals surface area contributed by atoms with Crippen molar-refractivity contribution in [3.8, 4) is 0 Å². The summed E-state index contributed by atoms with van der Waals surface area (Å²) in [5, 5.41) is 18.1. The predicted molar refractivity (Wildman–Crippen MR) is 65.5 cm³/mol. The molecule has 0 aromatic heterocycles. The molecule has 96 valence electrons. The summed E-state index contributed by atoms with van der Waals surface area (Å²) in [4.78, 5) is 4.81. The van der Waals surface area contributed by atoms with E-state index < -0.39 is 0 Å². The van der Waals surface area contributed by atoms with Crippen LogP contribution in [0.5, 0.6) is 0 Å². The molecule has 0 spiro atoms. The van der Waals surface area contributed by atoms with Gasteiger partial charge in [0.2, 0.25) is 0 Å². The van der Waals surface area contributed by atoms with Crippen molar-refractivity contribution in [2.45, 2.75) is 38.8 Å². The van der Waals surface area contributed by atoms with Crippen LogP contribution in [0.3, 0.4) is 0 Å². The van der Waals surface area contributed by atoms with Crippen LogP contribution in [-0.4, -0.2) is 71.5 Å². The Bertz CT molecular complexity index is 188. The molecule has 1 rings (SSSR count). The van der Waals surface area contributed by atoms with E-state index in [1.807, 2.05) is 6.92 Å². The average Bonchev–Trinajstić information content (AvgIpc) is 2.22. The molecule has 4 heteroatoms. The second-order valence-corrected chi connectivity index (χ2v) is 4.92. The Labute approximate surface area is 98.9 Å². The number of rotatable bonds is 6. The fraction of sp³-hybridized carbons (Fsp3) is 1.00. The standard InChI is InChI=1S/C12H26N2O2/c1-11-9-13(5-3-4-8-15)6-7-14(11)10-12(2)16/h11-12,15-16H,3-10H2,1-2H3/t11-,12-/m1/s1. The lowest BCUT2D eigenvalue weighted by molar-refractivity contribution is 0.0442. The maximum absolute atomic E-state index is 9.38. The smallest absolute Gasteiger partial charge is 0.0639 e. The van der Waals surface area contributed by atoms with E-state index in [4.69, 9.17) is 5.11 Å². The zero-order valence-corrected chi connectivity index (χ0v) is 10.6. The molecule has 0 aliphatic carbocycles. The van der Waals surface area contributed by atoms with Gasteiger partial charge in [0.25, 0.3) is 0 Å². The molecule has 1 fully saturated rings. The molecular formula is C12H26N2O2. The van der Waals surface area contributed by atoms with E-state index in [1.54, 1.807) is 0 Å². The molecule has 0 aromatic carbocycles. The summed E-state index contributed by atoms with van der Waals surface area (Å²) >= 11 is 0. The minimum atomic E-state index is -0.233. The number of aliphatic hydroxyl groups is 2. The second-order valence-electron chi connectivity index (χ2n) is 4.92. The van der Waals surface area contributed by atoms with E-state index in [0.29, 0.717) is 12.6 Å². The third-order valence-corrected chi connectivity index (χ3v) is 3.23. The lowest BCUT2D eigenvalue weighted by Crippen LogP contribution is -2.53. The quantitative estimate of drug-likeness (QED) is 0.638. The maximum Gasteiger partial charge on any atom is 0.0639 e. The fourth-order valence-corrected chi connectivity index (χ4v) is 2.33. The predicted octanol–water partition coefficient (Wildman–Crippen LogP) is 0.146. The van der Waals surface area contributed by atoms with E-state index in [-0.39, 0.29) is 6.10 Å². The molecule has 0 unspecified atom stereocenters. The molecule has 1 aliphatic heterocycles. The van der Waals surface area contributed by atoms with Crippen molar-refractivity contribution in [3.05, 3.63) is 0 Å². The summed E-state index contributed by atoms with van der Waals surface area (Å²) in [7, 11) is 0. The van der Waals surface area contributed by atoms with Gasteiger partial charge in [-0.2, -0.15) is 0 Å². The van der Waals surface area contributed by atoms with E-state index >= 15 is 0 Å². The first-order valence-corrected chi connectivity index (χ1v) is 6.38. The SMILES string of the molecule is C[C@@H]1CN(CCCCO)CCN1C[C@@H](C)O. The Morgan fingerprint density at radius 1 is 1.31 bits per heavy atom. The van der Waals surface area contributed by atoms with Crippen LogP contribution < -0.4 is 0 Å². The highest BCUT2D eigenvalue weighted by atomic mass is 16.3. The molecule has 0 amide bonds. The van der Waals surface area contributed by atoms with Gasteiger partial charge in [-0.15, -0.1) is 0 Å². The van der Waals surface area contributed by atoms with Crippen LogP contribution in [0.2, 0.25) is 0 Å². The first-order valence-electron chi connectivity index (χ1n) is 6.38. The number of hydrogen-bond donors (Lipinski definition) is 2. The maximum atomic E-state index is 9.38. The number of β-amino-alcohol motifs (C(OH)–C–C–N with tert-alkyl or cyclic N) is 1. The van der Waals surface area contributed by atoms with E-state index in [2.05, 4.69) is 16.7 Å². The Morgan fingerprint density at radius 2 is 2.06 bits per heavy atom. The van der Waals surface area contributed by atoms with Gasteiger partial charge in [0.05, 0.1) is 6.10 Å². The van der Waals surface area contributed by atoms with Gasteiger partial charge in [-0.3, -0.25) is 4.90 Å². The van der Waals surface area contributed by atoms with Crippen molar-refractivity contribution < 1.29 is 10.2 Å². The average molecular weight is 230 g/mol. The first kappa shape index (κ1) is 13.9. The molecule has 4 nitrogen and oxygen atoms in total. The molecule has 2 atom stereocenters. The lowest BCUT2D eigenvalue weighted by atomic mass is 10.1. The molecule has 1 heterocycles. The van der Waals surface area contributed by atoms with Crippen LogP contribution in [0.1, 0.15) is 26.7 Å². The van der Waals surface area contributed by atoms with Gasteiger partial charge >= 0.3 is 0 Å². The van der Waals surface area contributed by atoms with Crippen LogP contribution in [-0.2, 0) is 0 Å². The van der Waals surface area contributed by atoms with Gasteiger partial charge < -0.3 is 15.1 Å². The van der Waals surface area contributed by atoms with Gasteiger partial charge in [0.15, 0.2) is 0 Å². The lowest BCUT2D eigenvalue weighted by Gasteiger charge is -2.40. The van der Waals surface area contributed by atoms with Crippen LogP contribution in [0, 0.1) is 0 Å². The third-order valence-electron chi connectivity index (χ3n) is 3.23. The van der Waals surface area contributed by atoms with Crippen molar-refractivity contribution >= 4 is 0 Å². The number of unbranched alkanes of at least 4 members (excludes halogenated alkanes) is 1. The van der Waals surface area contributed by atoms with Crippen LogP contribution in [0.15, 0.2) is 0 Å². The topological polar surface area (TPSA) is 46.9 Å². The molecular weight excluding hydrogens is 204 g/mol. The van der Waals surface area contributed by atoms with Gasteiger partial charge in [-0.25, -0.2) is 0 Å². The number of hydrogen-bond acceptors (Lipinski definition) is 4. The summed E-state index contributed by atoms with van der Waals surface area (Å²) in [6.45, 7) is 9.46. The summed E-state index contributed by atoms with van der Waals surface area (Å²) < 4.78 is 0. The molecule has 0 saturated carbocycles. The van der Waals surface area contributed by atoms with Gasteiger partial charge in [-0.1, -0.05) is 0 Å². The molecule has 0 bridgehead atoms. The van der Waals surface area contributed by atoms with Crippen molar-refractivity contribution in [2.75, 3.05) is 39.3 Å². The highest BCUT2D eigenvalue weighted by Crippen LogP contribution is 2.10. The van der Waals surface area contributed by atoms with Gasteiger partial charge in [0, 0.05) is 38.8 Å². The summed E-state index contributed by atoms with van der Waals surface area (Å²) in [6, 6.07) is 0.525. The third kappa shape index (κ3) is 4.78. The van der Waals surface area contributed by atoms with Crippen LogP contribution in [0.4, 0.5) is 0 Å². The van der Waals surface area contributed by atoms with Crippen molar-refractivity contribution in [1.82, 2.24) is 9.80 Å². The van der Waals surface area contributed by atoms with Gasteiger partial charge in [0.1, 0.15) is 0 Å². The van der Waals surface area contributed by atoms with Crippen molar-refractivity contribution in [2.24, 2.45) is 0 Å². The number of piperazine rings is 1. The first-order chi connectivity index (χ1) is 7.63. The summed E-state index contributed by atoms with van der Waals surface area (Å²) in [5.74, 6) is 0. The highest BCUT2D eigenvalue weighted by molar-refractivity contribution is 4.79. The highest BCUT2D eigenvalue weighted by Gasteiger charge is 2.23. The van der Waals surface area contributed by atoms with E-state index in [9.17, 15) is 5.11 Å². The minimum absolute atomic E-state index is 0.233. The largest absolute Gasteiger partial charge is 0.396 e. The molecule has 2 N–H and O–H groups in total. The minimum Gasteiger partial charge on any atom is -0.396 e. The monoisotopic (exact) mass is 230 g/mol. The second kappa shape index (κ2) is 7.22. The van der Waals surface area contributed by atoms with Crippen LogP contribution in [0.25, 0.3) is 0 Å². The van der Waals surface area contributed by atoms with Crippen molar-refractivity contribution in [3.63, 3.8) is 0 Å². The zero-order valence-electron chi connectivity index (χ0n) is 10.6. The fourth-order valence-electron chi connectivity index (χ4n) is 2.33. The molecule has 1 saturated heterocycles. The zero-order chi connectivity index (χ0) is 12.0. The van der Waals surface area contributed by atoms with Crippen LogP contribution >= 0.6 is 0 Å². The summed E-state index contributed by atoms with van der Waals surface area (Å²) in [6.07, 6.45) is 1.76. The Hall–Kier alpha value is -0.160. The number of aliphatic hydroxyl groups excluding tert-OH is 2. The van der Waals surface area contributed by atoms with E-state index in [1.165, 1.54) is 0 Å². The molecule has 1 aliphatic rings. The summed E-state index contributed by atoms with van der Waals surface area (Å²) in [5.41, 5.74) is 0. The normalized spacial score (nSPS) is 25.9. The molecule has 16 heavy (non-hydrogen) atoms. The van der Waals surface area contributed by atoms with Gasteiger partial charge in [-0.05, 0) is 33.2 Å². The molecule has 0 aromatic rings. The Morgan fingerprint density at radius 3 is 2.62 bits per heavy atom.